The highest BCUT2D eigenvalue weighted by Crippen LogP contribution is 2.29. The van der Waals surface area contributed by atoms with E-state index in [1.165, 1.54) is 12.1 Å². The van der Waals surface area contributed by atoms with Crippen molar-refractivity contribution in [3.05, 3.63) is 35.4 Å². The standard InChI is InChI=1S/C10H9F3O.ClH/c1-2-9(14)7-4-3-5-8(6-7)10(11,12)13;/h3-6H,2H2,1H3;1H. The minimum atomic E-state index is -4.38. The van der Waals surface area contributed by atoms with E-state index in [-0.39, 0.29) is 30.2 Å². The zero-order valence-electron chi connectivity index (χ0n) is 7.97. The number of ketones is 1. The van der Waals surface area contributed by atoms with E-state index in [0.717, 1.165) is 12.1 Å². The first-order valence-corrected chi connectivity index (χ1v) is 4.15. The Kier molecular flexibility index (Phi) is 4.81. The molecule has 0 N–H and O–H groups in total. The van der Waals surface area contributed by atoms with Crippen LogP contribution >= 0.6 is 12.4 Å². The fourth-order valence-electron chi connectivity index (χ4n) is 1.07. The van der Waals surface area contributed by atoms with E-state index in [0.29, 0.717) is 0 Å². The van der Waals surface area contributed by atoms with Gasteiger partial charge in [-0.25, -0.2) is 0 Å². The zero-order valence-corrected chi connectivity index (χ0v) is 8.78. The maximum atomic E-state index is 12.2. The molecular weight excluding hydrogens is 229 g/mol. The van der Waals surface area contributed by atoms with Crippen molar-refractivity contribution in [3.8, 4) is 0 Å². The van der Waals surface area contributed by atoms with Crippen LogP contribution in [0.15, 0.2) is 24.3 Å². The lowest BCUT2D eigenvalue weighted by Crippen LogP contribution is -2.06. The van der Waals surface area contributed by atoms with Crippen LogP contribution in [0, 0.1) is 0 Å². The topological polar surface area (TPSA) is 17.1 Å². The molecule has 0 aromatic heterocycles. The van der Waals surface area contributed by atoms with Gasteiger partial charge in [0, 0.05) is 12.0 Å². The number of halogens is 4. The molecule has 0 unspecified atom stereocenters. The Labute approximate surface area is 91.7 Å². The first-order valence-electron chi connectivity index (χ1n) is 4.15. The number of rotatable bonds is 2. The summed E-state index contributed by atoms with van der Waals surface area (Å²) in [6, 6.07) is 4.46. The third kappa shape index (κ3) is 3.55. The number of benzene rings is 1. The predicted octanol–water partition coefficient (Wildman–Crippen LogP) is 3.72. The summed E-state index contributed by atoms with van der Waals surface area (Å²) in [7, 11) is 0. The predicted molar refractivity (Wildman–Crippen MR) is 53.3 cm³/mol. The zero-order chi connectivity index (χ0) is 10.8. The minimum absolute atomic E-state index is 0. The molecule has 1 rings (SSSR count). The van der Waals surface area contributed by atoms with Crippen LogP contribution < -0.4 is 0 Å². The van der Waals surface area contributed by atoms with Crippen LogP contribution in [0.3, 0.4) is 0 Å². The van der Waals surface area contributed by atoms with Crippen LogP contribution in [0.2, 0.25) is 0 Å². The van der Waals surface area contributed by atoms with E-state index in [4.69, 9.17) is 0 Å². The Morgan fingerprint density at radius 2 is 1.93 bits per heavy atom. The second kappa shape index (κ2) is 5.16. The average Bonchev–Trinajstić information content (AvgIpc) is 2.15. The summed E-state index contributed by atoms with van der Waals surface area (Å²) in [6.45, 7) is 1.61. The van der Waals surface area contributed by atoms with Crippen molar-refractivity contribution < 1.29 is 18.0 Å². The molecule has 0 aliphatic carbocycles. The molecule has 0 aliphatic heterocycles. The SMILES string of the molecule is CCC(=O)c1cccc(C(F)(F)F)c1.Cl. The molecule has 0 radical (unpaired) electrons. The van der Waals surface area contributed by atoms with Gasteiger partial charge in [0.05, 0.1) is 5.56 Å². The molecule has 0 aliphatic rings. The third-order valence-electron chi connectivity index (χ3n) is 1.83. The monoisotopic (exact) mass is 238 g/mol. The highest BCUT2D eigenvalue weighted by atomic mass is 35.5. The van der Waals surface area contributed by atoms with E-state index in [2.05, 4.69) is 0 Å². The Bertz CT molecular complexity index is 347. The van der Waals surface area contributed by atoms with Gasteiger partial charge in [0.25, 0.3) is 0 Å². The Balaban J connectivity index is 0.00000196. The van der Waals surface area contributed by atoms with E-state index < -0.39 is 11.7 Å². The number of carbonyl (C=O) groups is 1. The lowest BCUT2D eigenvalue weighted by Gasteiger charge is -2.07. The normalized spacial score (nSPS) is 10.7. The number of hydrogen-bond acceptors (Lipinski definition) is 1. The lowest BCUT2D eigenvalue weighted by atomic mass is 10.1. The van der Waals surface area contributed by atoms with E-state index >= 15 is 0 Å². The van der Waals surface area contributed by atoms with Crippen molar-refractivity contribution in [2.45, 2.75) is 19.5 Å². The maximum Gasteiger partial charge on any atom is 0.416 e. The van der Waals surface area contributed by atoms with Crippen molar-refractivity contribution in [2.75, 3.05) is 0 Å². The van der Waals surface area contributed by atoms with Gasteiger partial charge in [-0.1, -0.05) is 19.1 Å². The van der Waals surface area contributed by atoms with Crippen LogP contribution in [0.1, 0.15) is 29.3 Å². The van der Waals surface area contributed by atoms with Crippen molar-refractivity contribution in [2.24, 2.45) is 0 Å². The summed E-state index contributed by atoms with van der Waals surface area (Å²) in [4.78, 5) is 11.1. The van der Waals surface area contributed by atoms with Gasteiger partial charge in [-0.05, 0) is 12.1 Å². The van der Waals surface area contributed by atoms with Crippen molar-refractivity contribution in [3.63, 3.8) is 0 Å². The summed E-state index contributed by atoms with van der Waals surface area (Å²) in [6.07, 6.45) is -4.18. The van der Waals surface area contributed by atoms with Gasteiger partial charge in [0.15, 0.2) is 5.78 Å². The molecule has 0 saturated carbocycles. The first kappa shape index (κ1) is 14.0. The minimum Gasteiger partial charge on any atom is -0.294 e. The molecule has 0 amide bonds. The van der Waals surface area contributed by atoms with Gasteiger partial charge in [0.2, 0.25) is 0 Å². The summed E-state index contributed by atoms with van der Waals surface area (Å²) in [5.41, 5.74) is -0.667. The van der Waals surface area contributed by atoms with Gasteiger partial charge in [-0.15, -0.1) is 12.4 Å². The molecule has 0 fully saturated rings. The average molecular weight is 239 g/mol. The molecule has 1 aromatic rings. The number of hydrogen-bond donors (Lipinski definition) is 0. The van der Waals surface area contributed by atoms with Gasteiger partial charge in [-0.3, -0.25) is 4.79 Å². The number of Topliss-reactive ketones (excluding diaryl/α,β-unsaturated/α-hetero) is 1. The Hall–Kier alpha value is -1.03. The number of carbonyl (C=O) groups excluding carboxylic acids is 1. The van der Waals surface area contributed by atoms with Crippen molar-refractivity contribution in [1.82, 2.24) is 0 Å². The molecule has 0 saturated heterocycles. The van der Waals surface area contributed by atoms with E-state index in [1.54, 1.807) is 6.92 Å². The molecule has 0 atom stereocenters. The maximum absolute atomic E-state index is 12.2. The molecule has 84 valence electrons. The highest BCUT2D eigenvalue weighted by Gasteiger charge is 2.30. The second-order valence-corrected chi connectivity index (χ2v) is 2.86. The molecule has 15 heavy (non-hydrogen) atoms. The summed E-state index contributed by atoms with van der Waals surface area (Å²) >= 11 is 0. The quantitative estimate of drug-likeness (QED) is 0.718. The highest BCUT2D eigenvalue weighted by molar-refractivity contribution is 5.95. The lowest BCUT2D eigenvalue weighted by molar-refractivity contribution is -0.137. The van der Waals surface area contributed by atoms with E-state index in [9.17, 15) is 18.0 Å². The molecular formula is C10H10ClF3O. The molecule has 1 aromatic carbocycles. The van der Waals surface area contributed by atoms with Crippen LogP contribution in [0.25, 0.3) is 0 Å². The van der Waals surface area contributed by atoms with Crippen LogP contribution in [-0.2, 0) is 6.18 Å². The van der Waals surface area contributed by atoms with Gasteiger partial charge < -0.3 is 0 Å². The summed E-state index contributed by atoms with van der Waals surface area (Å²) in [5.74, 6) is -0.281. The van der Waals surface area contributed by atoms with Gasteiger partial charge in [0.1, 0.15) is 0 Å². The summed E-state index contributed by atoms with van der Waals surface area (Å²) < 4.78 is 36.7. The molecule has 0 spiro atoms. The fraction of sp³-hybridized carbons (Fsp3) is 0.300. The molecule has 5 heteroatoms. The van der Waals surface area contributed by atoms with Crippen LogP contribution in [-0.4, -0.2) is 5.78 Å². The largest absolute Gasteiger partial charge is 0.416 e. The first-order chi connectivity index (χ1) is 6.45. The molecule has 0 bridgehead atoms. The van der Waals surface area contributed by atoms with Crippen molar-refractivity contribution >= 4 is 18.2 Å². The number of alkyl halides is 3. The molecule has 0 heterocycles. The third-order valence-corrected chi connectivity index (χ3v) is 1.83. The Morgan fingerprint density at radius 3 is 2.40 bits per heavy atom. The fourth-order valence-corrected chi connectivity index (χ4v) is 1.07. The van der Waals surface area contributed by atoms with Crippen molar-refractivity contribution in [1.29, 1.82) is 0 Å². The van der Waals surface area contributed by atoms with Crippen LogP contribution in [0.4, 0.5) is 13.2 Å². The van der Waals surface area contributed by atoms with Gasteiger partial charge >= 0.3 is 6.18 Å². The molecule has 1 nitrogen and oxygen atoms in total. The summed E-state index contributed by atoms with van der Waals surface area (Å²) in [5, 5.41) is 0. The van der Waals surface area contributed by atoms with E-state index in [1.807, 2.05) is 0 Å². The Morgan fingerprint density at radius 1 is 1.33 bits per heavy atom. The second-order valence-electron chi connectivity index (χ2n) is 2.86. The van der Waals surface area contributed by atoms with Gasteiger partial charge in [-0.2, -0.15) is 13.2 Å². The smallest absolute Gasteiger partial charge is 0.294 e. The van der Waals surface area contributed by atoms with Crippen LogP contribution in [0.5, 0.6) is 0 Å².